The monoisotopic (exact) mass is 333 g/mol. The van der Waals surface area contributed by atoms with E-state index in [1.165, 1.54) is 7.58 Å². The summed E-state index contributed by atoms with van der Waals surface area (Å²) in [5.74, 6) is 0.461. The molecule has 0 amide bonds. The summed E-state index contributed by atoms with van der Waals surface area (Å²) in [4.78, 5) is 0. The Morgan fingerprint density at radius 1 is 1.43 bits per heavy atom. The molecule has 0 unspecified atom stereocenters. The van der Waals surface area contributed by atoms with Crippen molar-refractivity contribution in [1.29, 1.82) is 5.26 Å². The third-order valence-electron chi connectivity index (χ3n) is 1.94. The maximum Gasteiger partial charge on any atom is 0.0991 e. The quantitative estimate of drug-likeness (QED) is 0.569. The molecule has 0 saturated heterocycles. The lowest BCUT2D eigenvalue weighted by Gasteiger charge is -1.98. The molecule has 2 aromatic rings. The zero-order chi connectivity index (χ0) is 10.1. The SMILES string of the molecule is N#Cc1cc(CCl)c2sc(I)cc2c1. The molecule has 0 radical (unpaired) electrons. The summed E-state index contributed by atoms with van der Waals surface area (Å²) in [6.07, 6.45) is 0. The van der Waals surface area contributed by atoms with E-state index in [1.807, 2.05) is 12.1 Å². The Hall–Kier alpha value is -0.310. The maximum absolute atomic E-state index is 8.83. The van der Waals surface area contributed by atoms with E-state index in [1.54, 1.807) is 11.3 Å². The van der Waals surface area contributed by atoms with E-state index >= 15 is 0 Å². The van der Waals surface area contributed by atoms with E-state index in [0.717, 1.165) is 10.9 Å². The summed E-state index contributed by atoms with van der Waals surface area (Å²) in [6, 6.07) is 8.00. The number of halogens is 2. The number of fused-ring (bicyclic) bond motifs is 1. The average molecular weight is 334 g/mol. The molecule has 2 rings (SSSR count). The lowest BCUT2D eigenvalue weighted by molar-refractivity contribution is 1.43. The number of benzene rings is 1. The van der Waals surface area contributed by atoms with Crippen LogP contribution in [-0.4, -0.2) is 0 Å². The minimum atomic E-state index is 0.461. The smallest absolute Gasteiger partial charge is 0.0991 e. The second-order valence-corrected chi connectivity index (χ2v) is 6.06. The van der Waals surface area contributed by atoms with Gasteiger partial charge in [-0.15, -0.1) is 22.9 Å². The number of nitriles is 1. The fraction of sp³-hybridized carbons (Fsp3) is 0.100. The molecule has 0 N–H and O–H groups in total. The molecular weight excluding hydrogens is 329 g/mol. The number of hydrogen-bond acceptors (Lipinski definition) is 2. The number of alkyl halides is 1. The molecular formula is C10H5ClINS. The Bertz CT molecular complexity index is 527. The first kappa shape index (κ1) is 10.2. The molecule has 0 spiro atoms. The third kappa shape index (κ3) is 1.74. The first-order valence-electron chi connectivity index (χ1n) is 3.92. The van der Waals surface area contributed by atoms with Crippen LogP contribution < -0.4 is 0 Å². The molecule has 0 aliphatic heterocycles. The van der Waals surface area contributed by atoms with Crippen LogP contribution >= 0.6 is 45.5 Å². The predicted molar refractivity (Wildman–Crippen MR) is 68.8 cm³/mol. The molecule has 70 valence electrons. The van der Waals surface area contributed by atoms with Gasteiger partial charge in [0, 0.05) is 10.6 Å². The Kier molecular flexibility index (Phi) is 2.96. The van der Waals surface area contributed by atoms with Crippen LogP contribution in [0.15, 0.2) is 18.2 Å². The van der Waals surface area contributed by atoms with Crippen LogP contribution in [0.1, 0.15) is 11.1 Å². The van der Waals surface area contributed by atoms with Gasteiger partial charge in [-0.25, -0.2) is 0 Å². The number of nitrogens with zero attached hydrogens (tertiary/aromatic N) is 1. The highest BCUT2D eigenvalue weighted by Gasteiger charge is 2.06. The van der Waals surface area contributed by atoms with Gasteiger partial charge in [0.25, 0.3) is 0 Å². The summed E-state index contributed by atoms with van der Waals surface area (Å²) in [7, 11) is 0. The number of thiophene rings is 1. The average Bonchev–Trinajstić information content (AvgIpc) is 2.56. The lowest BCUT2D eigenvalue weighted by atomic mass is 10.1. The van der Waals surface area contributed by atoms with E-state index < -0.39 is 0 Å². The molecule has 0 atom stereocenters. The Balaban J connectivity index is 2.80. The predicted octanol–water partition coefficient (Wildman–Crippen LogP) is 4.12. The van der Waals surface area contributed by atoms with Crippen molar-refractivity contribution in [3.05, 3.63) is 32.2 Å². The molecule has 1 heterocycles. The molecule has 0 bridgehead atoms. The second kappa shape index (κ2) is 4.05. The zero-order valence-electron chi connectivity index (χ0n) is 7.05. The molecule has 0 aliphatic rings. The fourth-order valence-corrected chi connectivity index (χ4v) is 3.52. The second-order valence-electron chi connectivity index (χ2n) is 2.85. The van der Waals surface area contributed by atoms with Crippen molar-refractivity contribution in [3.63, 3.8) is 0 Å². The van der Waals surface area contributed by atoms with Gasteiger partial charge in [-0.3, -0.25) is 0 Å². The van der Waals surface area contributed by atoms with Gasteiger partial charge in [0.15, 0.2) is 0 Å². The first-order chi connectivity index (χ1) is 6.74. The van der Waals surface area contributed by atoms with Crippen LogP contribution in [0.5, 0.6) is 0 Å². The van der Waals surface area contributed by atoms with Crippen LogP contribution in [0, 0.1) is 14.2 Å². The number of hydrogen-bond donors (Lipinski definition) is 0. The van der Waals surface area contributed by atoms with E-state index in [2.05, 4.69) is 34.7 Å². The van der Waals surface area contributed by atoms with Crippen LogP contribution in [0.2, 0.25) is 0 Å². The van der Waals surface area contributed by atoms with E-state index in [9.17, 15) is 0 Å². The molecule has 1 aromatic heterocycles. The van der Waals surface area contributed by atoms with Crippen molar-refractivity contribution >= 4 is 55.6 Å². The number of rotatable bonds is 1. The highest BCUT2D eigenvalue weighted by atomic mass is 127. The normalized spacial score (nSPS) is 10.4. The first-order valence-corrected chi connectivity index (χ1v) is 6.35. The lowest BCUT2D eigenvalue weighted by Crippen LogP contribution is -1.81. The fourth-order valence-electron chi connectivity index (χ4n) is 1.36. The van der Waals surface area contributed by atoms with Crippen molar-refractivity contribution in [1.82, 2.24) is 0 Å². The van der Waals surface area contributed by atoms with Crippen LogP contribution in [0.25, 0.3) is 10.1 Å². The van der Waals surface area contributed by atoms with Crippen molar-refractivity contribution in [2.75, 3.05) is 0 Å². The standard InChI is InChI=1S/C10H5ClINS/c11-4-8-2-6(5-13)1-7-3-9(12)14-10(7)8/h1-3H,4H2. The Morgan fingerprint density at radius 2 is 2.21 bits per heavy atom. The largest absolute Gasteiger partial charge is 0.192 e. The zero-order valence-corrected chi connectivity index (χ0v) is 10.8. The van der Waals surface area contributed by atoms with Crippen molar-refractivity contribution in [2.24, 2.45) is 0 Å². The van der Waals surface area contributed by atoms with Crippen molar-refractivity contribution < 1.29 is 0 Å². The van der Waals surface area contributed by atoms with Gasteiger partial charge in [-0.05, 0) is 51.7 Å². The van der Waals surface area contributed by atoms with E-state index in [-0.39, 0.29) is 0 Å². The summed E-state index contributed by atoms with van der Waals surface area (Å²) >= 11 is 9.84. The molecule has 0 aliphatic carbocycles. The summed E-state index contributed by atoms with van der Waals surface area (Å²) < 4.78 is 2.42. The van der Waals surface area contributed by atoms with Crippen molar-refractivity contribution in [2.45, 2.75) is 5.88 Å². The van der Waals surface area contributed by atoms with Gasteiger partial charge < -0.3 is 0 Å². The van der Waals surface area contributed by atoms with E-state index in [4.69, 9.17) is 16.9 Å². The molecule has 4 heteroatoms. The molecule has 14 heavy (non-hydrogen) atoms. The van der Waals surface area contributed by atoms with Crippen LogP contribution in [-0.2, 0) is 5.88 Å². The molecule has 1 aromatic carbocycles. The van der Waals surface area contributed by atoms with Crippen LogP contribution in [0.3, 0.4) is 0 Å². The minimum Gasteiger partial charge on any atom is -0.192 e. The topological polar surface area (TPSA) is 23.8 Å². The minimum absolute atomic E-state index is 0.461. The third-order valence-corrected chi connectivity index (χ3v) is 4.21. The highest BCUT2D eigenvalue weighted by Crippen LogP contribution is 2.31. The van der Waals surface area contributed by atoms with Gasteiger partial charge in [0.1, 0.15) is 0 Å². The molecule has 0 saturated carbocycles. The van der Waals surface area contributed by atoms with Gasteiger partial charge in [-0.2, -0.15) is 5.26 Å². The van der Waals surface area contributed by atoms with Gasteiger partial charge in [-0.1, -0.05) is 0 Å². The van der Waals surface area contributed by atoms with Crippen molar-refractivity contribution in [3.8, 4) is 6.07 Å². The Morgan fingerprint density at radius 3 is 2.86 bits per heavy atom. The Labute approximate surface area is 104 Å². The summed E-state index contributed by atoms with van der Waals surface area (Å²) in [5.41, 5.74) is 1.73. The van der Waals surface area contributed by atoms with E-state index in [0.29, 0.717) is 11.4 Å². The van der Waals surface area contributed by atoms with Gasteiger partial charge in [0.05, 0.1) is 14.5 Å². The summed E-state index contributed by atoms with van der Waals surface area (Å²) in [6.45, 7) is 0. The van der Waals surface area contributed by atoms with Gasteiger partial charge >= 0.3 is 0 Å². The maximum atomic E-state index is 8.83. The summed E-state index contributed by atoms with van der Waals surface area (Å²) in [5, 5.41) is 9.95. The highest BCUT2D eigenvalue weighted by molar-refractivity contribution is 14.1. The van der Waals surface area contributed by atoms with Gasteiger partial charge in [0.2, 0.25) is 0 Å². The van der Waals surface area contributed by atoms with Crippen LogP contribution in [0.4, 0.5) is 0 Å². The molecule has 1 nitrogen and oxygen atoms in total. The molecule has 0 fully saturated rings.